The summed E-state index contributed by atoms with van der Waals surface area (Å²) >= 11 is 0. The van der Waals surface area contributed by atoms with E-state index in [4.69, 9.17) is 0 Å². The van der Waals surface area contributed by atoms with Crippen LogP contribution >= 0.6 is 0 Å². The van der Waals surface area contributed by atoms with Crippen molar-refractivity contribution in [2.75, 3.05) is 45.8 Å². The number of rotatable bonds is 7. The zero-order valence-electron chi connectivity index (χ0n) is 12.3. The molecule has 0 radical (unpaired) electrons. The maximum Gasteiger partial charge on any atom is 0.229 e. The summed E-state index contributed by atoms with van der Waals surface area (Å²) in [6.45, 7) is 17.3. The van der Waals surface area contributed by atoms with Crippen molar-refractivity contribution in [2.24, 2.45) is 5.41 Å². The van der Waals surface area contributed by atoms with Crippen LogP contribution in [0.25, 0.3) is 0 Å². The van der Waals surface area contributed by atoms with Crippen molar-refractivity contribution in [3.63, 3.8) is 0 Å². The molecule has 0 aromatic carbocycles. The fourth-order valence-corrected chi connectivity index (χ4v) is 2.49. The average Bonchev–Trinajstić information content (AvgIpc) is 2.39. The molecule has 1 heterocycles. The van der Waals surface area contributed by atoms with Crippen molar-refractivity contribution >= 4 is 5.91 Å². The molecule has 4 nitrogen and oxygen atoms in total. The molecule has 0 aliphatic carbocycles. The van der Waals surface area contributed by atoms with Crippen molar-refractivity contribution in [1.29, 1.82) is 0 Å². The van der Waals surface area contributed by atoms with Crippen molar-refractivity contribution in [3.8, 4) is 0 Å². The van der Waals surface area contributed by atoms with E-state index in [0.29, 0.717) is 0 Å². The summed E-state index contributed by atoms with van der Waals surface area (Å²) in [6, 6.07) is 0. The third kappa shape index (κ3) is 4.80. The van der Waals surface area contributed by atoms with Crippen LogP contribution in [-0.2, 0) is 4.79 Å². The number of piperazine rings is 1. The molecule has 1 N–H and O–H groups in total. The number of carbonyl (C=O) groups is 1. The van der Waals surface area contributed by atoms with Gasteiger partial charge in [-0.1, -0.05) is 12.2 Å². The maximum atomic E-state index is 12.6. The topological polar surface area (TPSA) is 35.6 Å². The normalized spacial score (nSPS) is 16.5. The second kappa shape index (κ2) is 7.46. The number of hydrogen-bond donors (Lipinski definition) is 1. The van der Waals surface area contributed by atoms with Gasteiger partial charge in [0.1, 0.15) is 0 Å². The molecule has 1 rings (SSSR count). The van der Waals surface area contributed by atoms with Gasteiger partial charge in [0.15, 0.2) is 0 Å². The van der Waals surface area contributed by atoms with E-state index in [1.165, 1.54) is 0 Å². The van der Waals surface area contributed by atoms with Crippen molar-refractivity contribution < 1.29 is 4.79 Å². The monoisotopic (exact) mass is 265 g/mol. The van der Waals surface area contributed by atoms with Gasteiger partial charge in [-0.15, -0.1) is 13.2 Å². The van der Waals surface area contributed by atoms with Crippen LogP contribution in [0.3, 0.4) is 0 Å². The minimum Gasteiger partial charge on any atom is -0.340 e. The second-order valence-corrected chi connectivity index (χ2v) is 5.70. The van der Waals surface area contributed by atoms with Gasteiger partial charge in [-0.25, -0.2) is 0 Å². The quantitative estimate of drug-likeness (QED) is 0.701. The molecule has 0 aromatic rings. The highest BCUT2D eigenvalue weighted by Gasteiger charge is 2.33. The highest BCUT2D eigenvalue weighted by molar-refractivity contribution is 5.82. The fraction of sp³-hybridized carbons (Fsp3) is 0.667. The Kier molecular flexibility index (Phi) is 6.25. The molecular formula is C15H27N3O. The Balaban J connectivity index is 2.63. The Bertz CT molecular complexity index is 309. The highest BCUT2D eigenvalue weighted by Crippen LogP contribution is 2.21. The fourth-order valence-electron chi connectivity index (χ4n) is 2.49. The summed E-state index contributed by atoms with van der Waals surface area (Å²) in [7, 11) is 0. The van der Waals surface area contributed by atoms with Gasteiger partial charge in [-0.2, -0.15) is 0 Å². The molecule has 1 fully saturated rings. The summed E-state index contributed by atoms with van der Waals surface area (Å²) in [5, 5.41) is 3.27. The van der Waals surface area contributed by atoms with Crippen molar-refractivity contribution in [2.45, 2.75) is 13.8 Å². The van der Waals surface area contributed by atoms with E-state index >= 15 is 0 Å². The first-order valence-electron chi connectivity index (χ1n) is 6.95. The summed E-state index contributed by atoms with van der Waals surface area (Å²) in [5.74, 6) is 0.243. The van der Waals surface area contributed by atoms with Crippen LogP contribution in [0.2, 0.25) is 0 Å². The molecule has 0 unspecified atom stereocenters. The molecule has 0 atom stereocenters. The molecule has 1 amide bonds. The maximum absolute atomic E-state index is 12.6. The van der Waals surface area contributed by atoms with Crippen molar-refractivity contribution in [1.82, 2.24) is 15.1 Å². The van der Waals surface area contributed by atoms with E-state index in [1.54, 1.807) is 0 Å². The van der Waals surface area contributed by atoms with Crippen LogP contribution < -0.4 is 5.32 Å². The Hall–Kier alpha value is -1.13. The third-order valence-corrected chi connectivity index (χ3v) is 3.38. The van der Waals surface area contributed by atoms with E-state index in [1.807, 2.05) is 30.9 Å². The average molecular weight is 265 g/mol. The zero-order chi connectivity index (χ0) is 14.3. The smallest absolute Gasteiger partial charge is 0.229 e. The number of amides is 1. The van der Waals surface area contributed by atoms with E-state index in [0.717, 1.165) is 45.8 Å². The first-order chi connectivity index (χ1) is 9.01. The lowest BCUT2D eigenvalue weighted by atomic mass is 9.90. The van der Waals surface area contributed by atoms with E-state index in [2.05, 4.69) is 23.4 Å². The first-order valence-corrected chi connectivity index (χ1v) is 6.95. The van der Waals surface area contributed by atoms with Gasteiger partial charge in [0.25, 0.3) is 0 Å². The molecule has 0 aromatic heterocycles. The van der Waals surface area contributed by atoms with Gasteiger partial charge in [-0.05, 0) is 13.8 Å². The Morgan fingerprint density at radius 1 is 1.26 bits per heavy atom. The molecule has 1 aliphatic heterocycles. The lowest BCUT2D eigenvalue weighted by Crippen LogP contribution is -2.53. The minimum absolute atomic E-state index is 0.243. The highest BCUT2D eigenvalue weighted by atomic mass is 16.2. The molecule has 1 aliphatic rings. The van der Waals surface area contributed by atoms with Gasteiger partial charge in [0.05, 0.1) is 5.41 Å². The largest absolute Gasteiger partial charge is 0.340 e. The Morgan fingerprint density at radius 3 is 2.26 bits per heavy atom. The van der Waals surface area contributed by atoms with Crippen LogP contribution in [-0.4, -0.2) is 61.5 Å². The number of nitrogens with one attached hydrogen (secondary N) is 1. The zero-order valence-corrected chi connectivity index (χ0v) is 12.3. The van der Waals surface area contributed by atoms with Gasteiger partial charge < -0.3 is 10.2 Å². The standard InChI is InChI=1S/C15H27N3O/c1-5-9-17(10-6-2)13-15(3,4)14(19)18-11-7-16-8-12-18/h5-6,16H,1-2,7-13H2,3-4H3. The molecule has 19 heavy (non-hydrogen) atoms. The number of carbonyl (C=O) groups excluding carboxylic acids is 1. The predicted molar refractivity (Wildman–Crippen MR) is 80.1 cm³/mol. The summed E-state index contributed by atoms with van der Waals surface area (Å²) < 4.78 is 0. The Labute approximate surface area is 117 Å². The third-order valence-electron chi connectivity index (χ3n) is 3.38. The molecule has 4 heteroatoms. The van der Waals surface area contributed by atoms with Crippen LogP contribution in [0.15, 0.2) is 25.3 Å². The molecular weight excluding hydrogens is 238 g/mol. The van der Waals surface area contributed by atoms with Crippen LogP contribution in [0.5, 0.6) is 0 Å². The first kappa shape index (κ1) is 15.9. The van der Waals surface area contributed by atoms with Gasteiger partial charge in [0.2, 0.25) is 5.91 Å². The molecule has 108 valence electrons. The SMILES string of the molecule is C=CCN(CC=C)CC(C)(C)C(=O)N1CCNCC1. The van der Waals surface area contributed by atoms with Crippen molar-refractivity contribution in [3.05, 3.63) is 25.3 Å². The van der Waals surface area contributed by atoms with E-state index in [9.17, 15) is 4.79 Å². The summed E-state index contributed by atoms with van der Waals surface area (Å²) in [4.78, 5) is 16.7. The second-order valence-electron chi connectivity index (χ2n) is 5.70. The summed E-state index contributed by atoms with van der Waals surface area (Å²) in [5.41, 5.74) is -0.372. The van der Waals surface area contributed by atoms with Gasteiger partial charge >= 0.3 is 0 Å². The van der Waals surface area contributed by atoms with E-state index in [-0.39, 0.29) is 11.3 Å². The van der Waals surface area contributed by atoms with Gasteiger partial charge in [0, 0.05) is 45.8 Å². The lowest BCUT2D eigenvalue weighted by Gasteiger charge is -2.37. The predicted octanol–water partition coefficient (Wildman–Crippen LogP) is 1.12. The number of nitrogens with zero attached hydrogens (tertiary/aromatic N) is 2. The Morgan fingerprint density at radius 2 is 1.79 bits per heavy atom. The van der Waals surface area contributed by atoms with E-state index < -0.39 is 0 Å². The molecule has 0 bridgehead atoms. The molecule has 1 saturated heterocycles. The minimum atomic E-state index is -0.372. The van der Waals surface area contributed by atoms with Crippen LogP contribution in [0.4, 0.5) is 0 Å². The van der Waals surface area contributed by atoms with Crippen LogP contribution in [0.1, 0.15) is 13.8 Å². The molecule has 0 saturated carbocycles. The lowest BCUT2D eigenvalue weighted by molar-refractivity contribution is -0.141. The number of hydrogen-bond acceptors (Lipinski definition) is 3. The summed E-state index contributed by atoms with van der Waals surface area (Å²) in [6.07, 6.45) is 3.74. The van der Waals surface area contributed by atoms with Gasteiger partial charge in [-0.3, -0.25) is 9.69 Å². The molecule has 0 spiro atoms. The van der Waals surface area contributed by atoms with Crippen LogP contribution in [0, 0.1) is 5.41 Å².